The van der Waals surface area contributed by atoms with Crippen molar-refractivity contribution in [1.29, 1.82) is 0 Å². The lowest BCUT2D eigenvalue weighted by Crippen LogP contribution is -2.45. The van der Waals surface area contributed by atoms with Gasteiger partial charge in [-0.1, -0.05) is 0 Å². The number of hydrogen-bond acceptors (Lipinski definition) is 5. The zero-order valence-corrected chi connectivity index (χ0v) is 10.1. The molecule has 0 bridgehead atoms. The Hall–Kier alpha value is -1.47. The number of carboxylic acid groups (broad SMARTS) is 2. The first-order valence-corrected chi connectivity index (χ1v) is 5.92. The molecule has 7 heteroatoms. The SMILES string of the molecule is O=C(CN1CCNCC1)C1CC1.O=C(O)C(=O)O. The number of carbonyl (C=O) groups excluding carboxylic acids is 1. The van der Waals surface area contributed by atoms with Crippen molar-refractivity contribution in [1.82, 2.24) is 10.2 Å². The van der Waals surface area contributed by atoms with E-state index in [9.17, 15) is 4.79 Å². The van der Waals surface area contributed by atoms with E-state index in [2.05, 4.69) is 10.2 Å². The van der Waals surface area contributed by atoms with Gasteiger partial charge in [-0.15, -0.1) is 0 Å². The minimum atomic E-state index is -1.82. The van der Waals surface area contributed by atoms with Gasteiger partial charge in [0.15, 0.2) is 0 Å². The Morgan fingerprint density at radius 3 is 1.94 bits per heavy atom. The quantitative estimate of drug-likeness (QED) is 0.559. The predicted molar refractivity (Wildman–Crippen MR) is 62.3 cm³/mol. The monoisotopic (exact) mass is 258 g/mol. The van der Waals surface area contributed by atoms with Crippen LogP contribution in [0.4, 0.5) is 0 Å². The third-order valence-corrected chi connectivity index (χ3v) is 2.80. The Morgan fingerprint density at radius 1 is 1.06 bits per heavy atom. The summed E-state index contributed by atoms with van der Waals surface area (Å²) in [4.78, 5) is 31.9. The van der Waals surface area contributed by atoms with E-state index in [1.165, 1.54) is 0 Å². The number of carbonyl (C=O) groups is 3. The number of hydrogen-bond donors (Lipinski definition) is 3. The van der Waals surface area contributed by atoms with Crippen LogP contribution in [0.3, 0.4) is 0 Å². The number of nitrogens with zero attached hydrogens (tertiary/aromatic N) is 1. The highest BCUT2D eigenvalue weighted by Gasteiger charge is 2.30. The van der Waals surface area contributed by atoms with Crippen molar-refractivity contribution < 1.29 is 24.6 Å². The summed E-state index contributed by atoms with van der Waals surface area (Å²) in [6.07, 6.45) is 2.29. The molecule has 0 atom stereocenters. The van der Waals surface area contributed by atoms with Gasteiger partial charge in [0.05, 0.1) is 6.54 Å². The van der Waals surface area contributed by atoms with Crippen LogP contribution < -0.4 is 5.32 Å². The van der Waals surface area contributed by atoms with Gasteiger partial charge in [-0.2, -0.15) is 0 Å². The fraction of sp³-hybridized carbons (Fsp3) is 0.727. The van der Waals surface area contributed by atoms with E-state index >= 15 is 0 Å². The highest BCUT2D eigenvalue weighted by atomic mass is 16.4. The van der Waals surface area contributed by atoms with E-state index in [0.717, 1.165) is 39.0 Å². The van der Waals surface area contributed by atoms with Crippen molar-refractivity contribution in [3.63, 3.8) is 0 Å². The molecule has 3 N–H and O–H groups in total. The van der Waals surface area contributed by atoms with Gasteiger partial charge < -0.3 is 15.5 Å². The molecule has 1 saturated carbocycles. The Kier molecular flexibility index (Phi) is 5.73. The molecular weight excluding hydrogens is 240 g/mol. The fourth-order valence-corrected chi connectivity index (χ4v) is 1.62. The number of aliphatic carboxylic acids is 2. The van der Waals surface area contributed by atoms with Crippen molar-refractivity contribution >= 4 is 17.7 Å². The molecule has 7 nitrogen and oxygen atoms in total. The highest BCUT2D eigenvalue weighted by Crippen LogP contribution is 2.29. The summed E-state index contributed by atoms with van der Waals surface area (Å²) in [5.41, 5.74) is 0. The van der Waals surface area contributed by atoms with Crippen LogP contribution in [0.15, 0.2) is 0 Å². The summed E-state index contributed by atoms with van der Waals surface area (Å²) >= 11 is 0. The van der Waals surface area contributed by atoms with Crippen molar-refractivity contribution in [2.45, 2.75) is 12.8 Å². The van der Waals surface area contributed by atoms with E-state index in [0.29, 0.717) is 18.2 Å². The van der Waals surface area contributed by atoms with E-state index in [1.807, 2.05) is 0 Å². The van der Waals surface area contributed by atoms with Gasteiger partial charge in [-0.05, 0) is 12.8 Å². The maximum atomic E-state index is 11.4. The summed E-state index contributed by atoms with van der Waals surface area (Å²) < 4.78 is 0. The average Bonchev–Trinajstić information content (AvgIpc) is 3.14. The third-order valence-electron chi connectivity index (χ3n) is 2.80. The topological polar surface area (TPSA) is 107 Å². The zero-order valence-electron chi connectivity index (χ0n) is 10.1. The van der Waals surface area contributed by atoms with Gasteiger partial charge in [-0.25, -0.2) is 9.59 Å². The van der Waals surface area contributed by atoms with E-state index in [1.54, 1.807) is 0 Å². The Bertz CT molecular complexity index is 309. The second-order valence-corrected chi connectivity index (χ2v) is 4.38. The Morgan fingerprint density at radius 2 is 1.56 bits per heavy atom. The van der Waals surface area contributed by atoms with Gasteiger partial charge in [0.1, 0.15) is 5.78 Å². The van der Waals surface area contributed by atoms with E-state index < -0.39 is 11.9 Å². The number of nitrogens with one attached hydrogen (secondary N) is 1. The first-order chi connectivity index (χ1) is 8.50. The molecule has 0 aromatic rings. The second kappa shape index (κ2) is 7.07. The van der Waals surface area contributed by atoms with Crippen LogP contribution in [0.1, 0.15) is 12.8 Å². The second-order valence-electron chi connectivity index (χ2n) is 4.38. The van der Waals surface area contributed by atoms with Crippen LogP contribution in [0.5, 0.6) is 0 Å². The zero-order chi connectivity index (χ0) is 13.5. The van der Waals surface area contributed by atoms with Gasteiger partial charge in [0.25, 0.3) is 0 Å². The largest absolute Gasteiger partial charge is 0.473 e. The number of Topliss-reactive ketones (excluding diaryl/α,β-unsaturated/α-hetero) is 1. The standard InChI is InChI=1S/C9H16N2O.C2H2O4/c12-9(8-1-2-8)7-11-5-3-10-4-6-11;3-1(4)2(5)6/h8,10H,1-7H2;(H,3,4)(H,5,6). The number of piperazine rings is 1. The Labute approximate surface area is 105 Å². The molecule has 2 aliphatic rings. The first kappa shape index (κ1) is 14.6. The summed E-state index contributed by atoms with van der Waals surface area (Å²) in [6.45, 7) is 4.86. The lowest BCUT2D eigenvalue weighted by atomic mass is 10.2. The van der Waals surface area contributed by atoms with Gasteiger partial charge in [0, 0.05) is 32.1 Å². The normalized spacial score (nSPS) is 19.6. The molecule has 2 rings (SSSR count). The molecule has 0 amide bonds. The van der Waals surface area contributed by atoms with Crippen LogP contribution in [-0.4, -0.2) is 65.6 Å². The molecular formula is C11H18N2O5. The molecule has 0 unspecified atom stereocenters. The molecule has 1 aliphatic heterocycles. The van der Waals surface area contributed by atoms with Crippen LogP contribution in [0.2, 0.25) is 0 Å². The van der Waals surface area contributed by atoms with E-state index in [4.69, 9.17) is 19.8 Å². The van der Waals surface area contributed by atoms with Crippen LogP contribution in [-0.2, 0) is 14.4 Å². The lowest BCUT2D eigenvalue weighted by Gasteiger charge is -2.26. The number of ketones is 1. The van der Waals surface area contributed by atoms with Crippen molar-refractivity contribution in [3.8, 4) is 0 Å². The molecule has 1 saturated heterocycles. The average molecular weight is 258 g/mol. The lowest BCUT2D eigenvalue weighted by molar-refractivity contribution is -0.159. The predicted octanol–water partition coefficient (Wildman–Crippen LogP) is -0.974. The minimum Gasteiger partial charge on any atom is -0.473 e. The maximum absolute atomic E-state index is 11.4. The maximum Gasteiger partial charge on any atom is 0.414 e. The van der Waals surface area contributed by atoms with Gasteiger partial charge in [0.2, 0.25) is 0 Å². The molecule has 0 spiro atoms. The summed E-state index contributed by atoms with van der Waals surface area (Å²) in [5.74, 6) is -2.75. The number of rotatable bonds is 3. The first-order valence-electron chi connectivity index (χ1n) is 5.92. The molecule has 2 fully saturated rings. The fourth-order valence-electron chi connectivity index (χ4n) is 1.62. The van der Waals surface area contributed by atoms with Gasteiger partial charge >= 0.3 is 11.9 Å². The smallest absolute Gasteiger partial charge is 0.414 e. The number of carboxylic acids is 2. The van der Waals surface area contributed by atoms with E-state index in [-0.39, 0.29) is 0 Å². The molecule has 1 aliphatic carbocycles. The third kappa shape index (κ3) is 5.74. The summed E-state index contributed by atoms with van der Waals surface area (Å²) in [7, 11) is 0. The van der Waals surface area contributed by atoms with Crippen LogP contribution in [0, 0.1) is 5.92 Å². The Balaban J connectivity index is 0.000000232. The molecule has 0 aromatic carbocycles. The molecule has 18 heavy (non-hydrogen) atoms. The molecule has 0 radical (unpaired) electrons. The van der Waals surface area contributed by atoms with Crippen LogP contribution in [0.25, 0.3) is 0 Å². The van der Waals surface area contributed by atoms with Crippen LogP contribution >= 0.6 is 0 Å². The van der Waals surface area contributed by atoms with Crippen molar-refractivity contribution in [2.24, 2.45) is 5.92 Å². The highest BCUT2D eigenvalue weighted by molar-refractivity contribution is 6.27. The minimum absolute atomic E-state index is 0.430. The molecule has 1 heterocycles. The van der Waals surface area contributed by atoms with Crippen molar-refractivity contribution in [2.75, 3.05) is 32.7 Å². The molecule has 0 aromatic heterocycles. The van der Waals surface area contributed by atoms with Crippen molar-refractivity contribution in [3.05, 3.63) is 0 Å². The summed E-state index contributed by atoms with van der Waals surface area (Å²) in [5, 5.41) is 18.1. The molecule has 102 valence electrons. The summed E-state index contributed by atoms with van der Waals surface area (Å²) in [6, 6.07) is 0. The van der Waals surface area contributed by atoms with Gasteiger partial charge in [-0.3, -0.25) is 9.69 Å².